The number of methoxy groups -OCH3 is 2. The SMILES string of the molecule is COc1cc(-c2ccco2)cc(OC)c1Cl. The molecule has 16 heavy (non-hydrogen) atoms. The van der Waals surface area contributed by atoms with Gasteiger partial charge in [0, 0.05) is 5.56 Å². The van der Waals surface area contributed by atoms with Crippen molar-refractivity contribution in [2.45, 2.75) is 0 Å². The first kappa shape index (κ1) is 10.9. The largest absolute Gasteiger partial charge is 0.495 e. The monoisotopic (exact) mass is 238 g/mol. The molecule has 0 spiro atoms. The van der Waals surface area contributed by atoms with Crippen LogP contribution in [0.1, 0.15) is 0 Å². The van der Waals surface area contributed by atoms with Gasteiger partial charge in [-0.15, -0.1) is 0 Å². The molecule has 0 aliphatic carbocycles. The van der Waals surface area contributed by atoms with E-state index >= 15 is 0 Å². The van der Waals surface area contributed by atoms with E-state index in [1.54, 1.807) is 20.5 Å². The molecule has 1 heterocycles. The molecule has 2 rings (SSSR count). The Balaban J connectivity index is 2.56. The Morgan fingerprint density at radius 2 is 1.75 bits per heavy atom. The van der Waals surface area contributed by atoms with Crippen molar-refractivity contribution in [2.75, 3.05) is 14.2 Å². The minimum Gasteiger partial charge on any atom is -0.495 e. The van der Waals surface area contributed by atoms with Gasteiger partial charge in [-0.1, -0.05) is 11.6 Å². The lowest BCUT2D eigenvalue weighted by Crippen LogP contribution is -1.90. The summed E-state index contributed by atoms with van der Waals surface area (Å²) in [5.41, 5.74) is 0.864. The predicted molar refractivity (Wildman–Crippen MR) is 62.3 cm³/mol. The van der Waals surface area contributed by atoms with Crippen LogP contribution in [0, 0.1) is 0 Å². The predicted octanol–water partition coefficient (Wildman–Crippen LogP) is 3.62. The summed E-state index contributed by atoms with van der Waals surface area (Å²) in [5, 5.41) is 0.459. The molecule has 84 valence electrons. The van der Waals surface area contributed by atoms with E-state index in [1.165, 1.54) is 0 Å². The lowest BCUT2D eigenvalue weighted by Gasteiger charge is -2.09. The van der Waals surface area contributed by atoms with Crippen LogP contribution in [0.15, 0.2) is 34.9 Å². The van der Waals surface area contributed by atoms with E-state index < -0.39 is 0 Å². The second-order valence-corrected chi connectivity index (χ2v) is 3.55. The lowest BCUT2D eigenvalue weighted by atomic mass is 10.1. The second-order valence-electron chi connectivity index (χ2n) is 3.17. The van der Waals surface area contributed by atoms with Crippen LogP contribution in [0.2, 0.25) is 5.02 Å². The van der Waals surface area contributed by atoms with Crippen molar-refractivity contribution in [3.63, 3.8) is 0 Å². The molecule has 0 radical (unpaired) electrons. The van der Waals surface area contributed by atoms with Gasteiger partial charge in [0.2, 0.25) is 0 Å². The summed E-state index contributed by atoms with van der Waals surface area (Å²) in [6.07, 6.45) is 1.61. The van der Waals surface area contributed by atoms with Gasteiger partial charge in [0.05, 0.1) is 20.5 Å². The molecular formula is C12H11ClO3. The number of hydrogen-bond acceptors (Lipinski definition) is 3. The van der Waals surface area contributed by atoms with Crippen molar-refractivity contribution in [3.8, 4) is 22.8 Å². The van der Waals surface area contributed by atoms with E-state index in [1.807, 2.05) is 24.3 Å². The molecule has 0 N–H and O–H groups in total. The molecule has 1 aromatic heterocycles. The number of furan rings is 1. The molecule has 0 aliphatic rings. The van der Waals surface area contributed by atoms with Crippen molar-refractivity contribution in [3.05, 3.63) is 35.6 Å². The van der Waals surface area contributed by atoms with Crippen LogP contribution < -0.4 is 9.47 Å². The maximum Gasteiger partial charge on any atom is 0.141 e. The first-order chi connectivity index (χ1) is 7.76. The Hall–Kier alpha value is -1.61. The van der Waals surface area contributed by atoms with E-state index in [0.29, 0.717) is 16.5 Å². The van der Waals surface area contributed by atoms with Gasteiger partial charge < -0.3 is 13.9 Å². The Kier molecular flexibility index (Phi) is 3.06. The third kappa shape index (κ3) is 1.86. The highest BCUT2D eigenvalue weighted by atomic mass is 35.5. The molecule has 3 nitrogen and oxygen atoms in total. The van der Waals surface area contributed by atoms with Crippen LogP contribution in [0.25, 0.3) is 11.3 Å². The number of hydrogen-bond donors (Lipinski definition) is 0. The highest BCUT2D eigenvalue weighted by molar-refractivity contribution is 6.33. The molecule has 0 bridgehead atoms. The van der Waals surface area contributed by atoms with Gasteiger partial charge in [-0.25, -0.2) is 0 Å². The van der Waals surface area contributed by atoms with Crippen LogP contribution in [0.4, 0.5) is 0 Å². The number of ether oxygens (including phenoxy) is 2. The zero-order chi connectivity index (χ0) is 11.5. The van der Waals surface area contributed by atoms with Gasteiger partial charge in [-0.05, 0) is 24.3 Å². The summed E-state index contributed by atoms with van der Waals surface area (Å²) in [6.45, 7) is 0. The Morgan fingerprint density at radius 3 is 2.19 bits per heavy atom. The normalized spacial score (nSPS) is 10.2. The van der Waals surface area contributed by atoms with E-state index in [4.69, 9.17) is 25.5 Å². The summed E-state index contributed by atoms with van der Waals surface area (Å²) < 4.78 is 15.6. The topological polar surface area (TPSA) is 31.6 Å². The summed E-state index contributed by atoms with van der Waals surface area (Å²) in [6, 6.07) is 7.30. The maximum atomic E-state index is 6.06. The van der Waals surface area contributed by atoms with E-state index in [0.717, 1.165) is 11.3 Å². The van der Waals surface area contributed by atoms with Gasteiger partial charge in [0.25, 0.3) is 0 Å². The standard InChI is InChI=1S/C12H11ClO3/c1-14-10-6-8(9-4-3-5-16-9)7-11(15-2)12(10)13/h3-7H,1-2H3. The van der Waals surface area contributed by atoms with Crippen LogP contribution >= 0.6 is 11.6 Å². The maximum absolute atomic E-state index is 6.06. The molecule has 0 atom stereocenters. The van der Waals surface area contributed by atoms with Crippen LogP contribution in [0.3, 0.4) is 0 Å². The first-order valence-corrected chi connectivity index (χ1v) is 5.09. The zero-order valence-electron chi connectivity index (χ0n) is 8.99. The molecule has 1 aromatic carbocycles. The van der Waals surface area contributed by atoms with Gasteiger partial charge >= 0.3 is 0 Å². The van der Waals surface area contributed by atoms with Crippen molar-refractivity contribution in [2.24, 2.45) is 0 Å². The number of rotatable bonds is 3. The molecule has 4 heteroatoms. The second kappa shape index (κ2) is 4.49. The summed E-state index contributed by atoms with van der Waals surface area (Å²) >= 11 is 6.06. The molecule has 0 aliphatic heterocycles. The number of halogens is 1. The molecule has 0 saturated heterocycles. The smallest absolute Gasteiger partial charge is 0.141 e. The Bertz CT molecular complexity index is 452. The average Bonchev–Trinajstić information content (AvgIpc) is 2.83. The fourth-order valence-electron chi connectivity index (χ4n) is 1.45. The minimum absolute atomic E-state index is 0.459. The molecular weight excluding hydrogens is 228 g/mol. The lowest BCUT2D eigenvalue weighted by molar-refractivity contribution is 0.395. The van der Waals surface area contributed by atoms with Crippen LogP contribution in [0.5, 0.6) is 11.5 Å². The summed E-state index contributed by atoms with van der Waals surface area (Å²) in [4.78, 5) is 0. The van der Waals surface area contributed by atoms with Crippen molar-refractivity contribution < 1.29 is 13.9 Å². The zero-order valence-corrected chi connectivity index (χ0v) is 9.75. The highest BCUT2D eigenvalue weighted by Crippen LogP contribution is 2.38. The van der Waals surface area contributed by atoms with E-state index in [9.17, 15) is 0 Å². The fourth-order valence-corrected chi connectivity index (χ4v) is 1.72. The Morgan fingerprint density at radius 1 is 1.12 bits per heavy atom. The quantitative estimate of drug-likeness (QED) is 0.819. The summed E-state index contributed by atoms with van der Waals surface area (Å²) in [5.74, 6) is 1.87. The minimum atomic E-state index is 0.459. The Labute approximate surface area is 98.5 Å². The van der Waals surface area contributed by atoms with Gasteiger partial charge in [-0.2, -0.15) is 0 Å². The summed E-state index contributed by atoms with van der Waals surface area (Å²) in [7, 11) is 3.12. The molecule has 0 unspecified atom stereocenters. The van der Waals surface area contributed by atoms with Crippen LogP contribution in [-0.4, -0.2) is 14.2 Å². The van der Waals surface area contributed by atoms with Gasteiger partial charge in [0.15, 0.2) is 0 Å². The van der Waals surface area contributed by atoms with Crippen molar-refractivity contribution in [1.82, 2.24) is 0 Å². The fraction of sp³-hybridized carbons (Fsp3) is 0.167. The van der Waals surface area contributed by atoms with E-state index in [2.05, 4.69) is 0 Å². The van der Waals surface area contributed by atoms with E-state index in [-0.39, 0.29) is 0 Å². The third-order valence-electron chi connectivity index (χ3n) is 2.25. The molecule has 0 amide bonds. The molecule has 0 saturated carbocycles. The number of benzene rings is 1. The average molecular weight is 239 g/mol. The van der Waals surface area contributed by atoms with Gasteiger partial charge in [0.1, 0.15) is 22.3 Å². The van der Waals surface area contributed by atoms with Gasteiger partial charge in [-0.3, -0.25) is 0 Å². The van der Waals surface area contributed by atoms with Crippen molar-refractivity contribution in [1.29, 1.82) is 0 Å². The first-order valence-electron chi connectivity index (χ1n) is 4.71. The molecule has 2 aromatic rings. The molecule has 0 fully saturated rings. The highest BCUT2D eigenvalue weighted by Gasteiger charge is 2.12. The third-order valence-corrected chi connectivity index (χ3v) is 2.62. The van der Waals surface area contributed by atoms with Crippen LogP contribution in [-0.2, 0) is 0 Å². The van der Waals surface area contributed by atoms with Crippen molar-refractivity contribution >= 4 is 11.6 Å².